The van der Waals surface area contributed by atoms with Crippen molar-refractivity contribution in [3.8, 4) is 5.75 Å². The van der Waals surface area contributed by atoms with Crippen LogP contribution in [0.15, 0.2) is 12.1 Å². The molecule has 1 aromatic rings. The number of ketones is 1. The first-order valence-corrected chi connectivity index (χ1v) is 7.65. The molecule has 21 heavy (non-hydrogen) atoms. The summed E-state index contributed by atoms with van der Waals surface area (Å²) in [7, 11) is 0. The van der Waals surface area contributed by atoms with Crippen LogP contribution in [0.2, 0.25) is 0 Å². The minimum absolute atomic E-state index is 0.0545. The molecular formula is C17H26ClNO2. The number of benzene rings is 1. The number of Topliss-reactive ketones (excluding diaryl/α,β-unsaturated/α-hetero) is 1. The molecule has 0 radical (unpaired) electrons. The van der Waals surface area contributed by atoms with E-state index in [1.807, 2.05) is 6.07 Å². The predicted octanol–water partition coefficient (Wildman–Crippen LogP) is 3.79. The highest BCUT2D eigenvalue weighted by molar-refractivity contribution is 6.28. The van der Waals surface area contributed by atoms with Crippen LogP contribution < -0.4 is 5.73 Å². The van der Waals surface area contributed by atoms with E-state index >= 15 is 0 Å². The SMILES string of the molecule is CC(C)(C)c1ccc(O)c(C(N)C(=O)CCl)c1C(C)(C)C. The number of phenolic OH excluding ortho intramolecular Hbond substituents is 1. The molecule has 0 heterocycles. The minimum atomic E-state index is -0.904. The quantitative estimate of drug-likeness (QED) is 0.835. The summed E-state index contributed by atoms with van der Waals surface area (Å²) < 4.78 is 0. The van der Waals surface area contributed by atoms with Crippen LogP contribution in [0.3, 0.4) is 0 Å². The fraction of sp³-hybridized carbons (Fsp3) is 0.588. The Kier molecular flexibility index (Phi) is 5.12. The lowest BCUT2D eigenvalue weighted by atomic mass is 9.71. The summed E-state index contributed by atoms with van der Waals surface area (Å²) in [5, 5.41) is 10.3. The number of rotatable bonds is 3. The average molecular weight is 312 g/mol. The second-order valence-corrected chi connectivity index (χ2v) is 7.77. The Morgan fingerprint density at radius 2 is 1.71 bits per heavy atom. The fourth-order valence-corrected chi connectivity index (χ4v) is 2.77. The summed E-state index contributed by atoms with van der Waals surface area (Å²) in [6.07, 6.45) is 0. The van der Waals surface area contributed by atoms with Gasteiger partial charge in [0.15, 0.2) is 5.78 Å². The molecule has 1 atom stereocenters. The van der Waals surface area contributed by atoms with Crippen LogP contribution in [0.4, 0.5) is 0 Å². The van der Waals surface area contributed by atoms with Crippen molar-refractivity contribution in [2.45, 2.75) is 58.4 Å². The standard InChI is InChI=1S/C17H26ClNO2/c1-16(2,3)10-7-8-11(20)13(14(10)17(4,5)6)15(19)12(21)9-18/h7-8,15,20H,9,19H2,1-6H3. The molecule has 1 aromatic carbocycles. The molecule has 0 saturated carbocycles. The van der Waals surface area contributed by atoms with Gasteiger partial charge < -0.3 is 10.8 Å². The van der Waals surface area contributed by atoms with E-state index in [1.165, 1.54) is 0 Å². The molecule has 0 aromatic heterocycles. The summed E-state index contributed by atoms with van der Waals surface area (Å²) in [6.45, 7) is 12.5. The van der Waals surface area contributed by atoms with Crippen molar-refractivity contribution < 1.29 is 9.90 Å². The Morgan fingerprint density at radius 1 is 1.19 bits per heavy atom. The van der Waals surface area contributed by atoms with Gasteiger partial charge in [0.2, 0.25) is 0 Å². The van der Waals surface area contributed by atoms with Crippen LogP contribution >= 0.6 is 11.6 Å². The van der Waals surface area contributed by atoms with E-state index in [2.05, 4.69) is 41.5 Å². The van der Waals surface area contributed by atoms with Crippen molar-refractivity contribution >= 4 is 17.4 Å². The lowest BCUT2D eigenvalue weighted by Crippen LogP contribution is -2.30. The molecule has 0 saturated heterocycles. The molecule has 0 fully saturated rings. The Balaban J connectivity index is 3.74. The first-order valence-electron chi connectivity index (χ1n) is 7.12. The first kappa shape index (κ1) is 18.0. The topological polar surface area (TPSA) is 63.3 Å². The Hall–Kier alpha value is -1.06. The number of halogens is 1. The molecule has 0 spiro atoms. The first-order chi connectivity index (χ1) is 9.41. The lowest BCUT2D eigenvalue weighted by Gasteiger charge is -2.34. The van der Waals surface area contributed by atoms with E-state index in [1.54, 1.807) is 6.07 Å². The second-order valence-electron chi connectivity index (χ2n) is 7.50. The molecule has 1 unspecified atom stereocenters. The summed E-state index contributed by atoms with van der Waals surface area (Å²) in [6, 6.07) is 2.63. The number of hydrogen-bond donors (Lipinski definition) is 2. The molecule has 3 N–H and O–H groups in total. The maximum atomic E-state index is 11.9. The van der Waals surface area contributed by atoms with Gasteiger partial charge in [-0.3, -0.25) is 4.79 Å². The lowest BCUT2D eigenvalue weighted by molar-refractivity contribution is -0.118. The van der Waals surface area contributed by atoms with E-state index in [0.29, 0.717) is 5.56 Å². The van der Waals surface area contributed by atoms with E-state index in [4.69, 9.17) is 17.3 Å². The molecule has 0 aliphatic carbocycles. The maximum absolute atomic E-state index is 11.9. The number of aromatic hydroxyl groups is 1. The Morgan fingerprint density at radius 3 is 2.10 bits per heavy atom. The van der Waals surface area contributed by atoms with Gasteiger partial charge in [-0.1, -0.05) is 47.6 Å². The highest BCUT2D eigenvalue weighted by Crippen LogP contribution is 2.41. The van der Waals surface area contributed by atoms with Gasteiger partial charge in [0.1, 0.15) is 5.75 Å². The molecule has 0 aliphatic heterocycles. The number of nitrogens with two attached hydrogens (primary N) is 1. The third kappa shape index (κ3) is 3.78. The van der Waals surface area contributed by atoms with Gasteiger partial charge in [0.25, 0.3) is 0 Å². The zero-order valence-corrected chi connectivity index (χ0v) is 14.5. The largest absolute Gasteiger partial charge is 0.508 e. The predicted molar refractivity (Wildman–Crippen MR) is 88.2 cm³/mol. The van der Waals surface area contributed by atoms with E-state index in [9.17, 15) is 9.90 Å². The van der Waals surface area contributed by atoms with Crippen molar-refractivity contribution in [2.75, 3.05) is 5.88 Å². The van der Waals surface area contributed by atoms with E-state index in [-0.39, 0.29) is 28.2 Å². The van der Waals surface area contributed by atoms with Gasteiger partial charge in [-0.15, -0.1) is 11.6 Å². The molecule has 0 amide bonds. The summed E-state index contributed by atoms with van der Waals surface area (Å²) in [4.78, 5) is 11.9. The van der Waals surface area contributed by atoms with Gasteiger partial charge in [-0.05, 0) is 28.0 Å². The second kappa shape index (κ2) is 5.98. The Bertz CT molecular complexity index is 539. The third-order valence-corrected chi connectivity index (χ3v) is 3.83. The normalized spacial score (nSPS) is 14.1. The number of alkyl halides is 1. The van der Waals surface area contributed by atoms with Crippen molar-refractivity contribution in [2.24, 2.45) is 5.73 Å². The van der Waals surface area contributed by atoms with Gasteiger partial charge in [0, 0.05) is 5.56 Å². The molecule has 4 heteroatoms. The smallest absolute Gasteiger partial charge is 0.168 e. The summed E-state index contributed by atoms with van der Waals surface area (Å²) in [5.41, 5.74) is 8.22. The van der Waals surface area contributed by atoms with Crippen molar-refractivity contribution in [3.05, 3.63) is 28.8 Å². The highest BCUT2D eigenvalue weighted by atomic mass is 35.5. The average Bonchev–Trinajstić information content (AvgIpc) is 2.33. The van der Waals surface area contributed by atoms with Crippen molar-refractivity contribution in [1.82, 2.24) is 0 Å². The number of hydrogen-bond acceptors (Lipinski definition) is 3. The molecule has 0 bridgehead atoms. The highest BCUT2D eigenvalue weighted by Gasteiger charge is 2.33. The summed E-state index contributed by atoms with van der Waals surface area (Å²) >= 11 is 5.63. The monoisotopic (exact) mass is 311 g/mol. The maximum Gasteiger partial charge on any atom is 0.168 e. The van der Waals surface area contributed by atoms with Gasteiger partial charge >= 0.3 is 0 Å². The molecule has 3 nitrogen and oxygen atoms in total. The van der Waals surface area contributed by atoms with Crippen LogP contribution in [0, 0.1) is 0 Å². The molecule has 0 aliphatic rings. The molecule has 1 rings (SSSR count). The number of carbonyl (C=O) groups is 1. The van der Waals surface area contributed by atoms with Crippen molar-refractivity contribution in [3.63, 3.8) is 0 Å². The summed E-state index contributed by atoms with van der Waals surface area (Å²) in [5.74, 6) is -0.397. The van der Waals surface area contributed by atoms with E-state index in [0.717, 1.165) is 11.1 Å². The van der Waals surface area contributed by atoms with Crippen LogP contribution in [0.5, 0.6) is 5.75 Å². The van der Waals surface area contributed by atoms with Gasteiger partial charge in [-0.2, -0.15) is 0 Å². The zero-order valence-electron chi connectivity index (χ0n) is 13.7. The van der Waals surface area contributed by atoms with E-state index < -0.39 is 6.04 Å². The van der Waals surface area contributed by atoms with Crippen molar-refractivity contribution in [1.29, 1.82) is 0 Å². The van der Waals surface area contributed by atoms with Crippen LogP contribution in [0.25, 0.3) is 0 Å². The van der Waals surface area contributed by atoms with Gasteiger partial charge in [-0.25, -0.2) is 0 Å². The number of phenols is 1. The van der Waals surface area contributed by atoms with Gasteiger partial charge in [0.05, 0.1) is 11.9 Å². The third-order valence-electron chi connectivity index (χ3n) is 3.57. The minimum Gasteiger partial charge on any atom is -0.508 e. The molecular weight excluding hydrogens is 286 g/mol. The van der Waals surface area contributed by atoms with Crippen LogP contribution in [0.1, 0.15) is 64.3 Å². The fourth-order valence-electron chi connectivity index (χ4n) is 2.60. The zero-order chi connectivity index (χ0) is 16.6. The molecule has 118 valence electrons. The van der Waals surface area contributed by atoms with Crippen LogP contribution in [-0.4, -0.2) is 16.8 Å². The number of carbonyl (C=O) groups excluding carboxylic acids is 1. The Labute approximate surface area is 132 Å². The van der Waals surface area contributed by atoms with Crippen LogP contribution in [-0.2, 0) is 15.6 Å².